The van der Waals surface area contributed by atoms with Crippen LogP contribution in [0.15, 0.2) is 30.3 Å². The number of ether oxygens (including phenoxy) is 1. The zero-order valence-electron chi connectivity index (χ0n) is 11.2. The second-order valence-corrected chi connectivity index (χ2v) is 6.21. The summed E-state index contributed by atoms with van der Waals surface area (Å²) in [4.78, 5) is 12.2. The van der Waals surface area contributed by atoms with Gasteiger partial charge in [0.1, 0.15) is 6.61 Å². The third-order valence-electron chi connectivity index (χ3n) is 3.80. The Kier molecular flexibility index (Phi) is 3.66. The number of carbonyl (C=O) groups is 1. The molecule has 3 rings (SSSR count). The molecule has 1 unspecified atom stereocenters. The highest BCUT2D eigenvalue weighted by Gasteiger charge is 2.58. The van der Waals surface area contributed by atoms with E-state index in [1.807, 2.05) is 30.3 Å². The van der Waals surface area contributed by atoms with Crippen molar-refractivity contribution in [3.8, 4) is 6.07 Å². The average Bonchev–Trinajstić information content (AvgIpc) is 3.22. The van der Waals surface area contributed by atoms with Gasteiger partial charge in [-0.05, 0) is 18.4 Å². The second-order valence-electron chi connectivity index (χ2n) is 5.15. The van der Waals surface area contributed by atoms with Crippen molar-refractivity contribution >= 4 is 17.4 Å². The van der Waals surface area contributed by atoms with E-state index in [9.17, 15) is 14.3 Å². The molecule has 2 aliphatic rings. The predicted molar refractivity (Wildman–Crippen MR) is 73.6 cm³/mol. The van der Waals surface area contributed by atoms with Gasteiger partial charge >= 0.3 is 6.09 Å². The first-order valence-electron chi connectivity index (χ1n) is 6.63. The van der Waals surface area contributed by atoms with Crippen molar-refractivity contribution in [3.05, 3.63) is 35.9 Å². The number of rotatable bonds is 3. The van der Waals surface area contributed by atoms with Crippen molar-refractivity contribution < 1.29 is 17.9 Å². The van der Waals surface area contributed by atoms with Crippen molar-refractivity contribution in [2.75, 3.05) is 6.61 Å². The fourth-order valence-electron chi connectivity index (χ4n) is 2.36. The molecule has 1 aromatic rings. The van der Waals surface area contributed by atoms with Crippen LogP contribution in [-0.2, 0) is 26.8 Å². The van der Waals surface area contributed by atoms with Crippen LogP contribution in [0.3, 0.4) is 0 Å². The molecule has 7 heteroatoms. The molecule has 21 heavy (non-hydrogen) atoms. The van der Waals surface area contributed by atoms with Gasteiger partial charge in [0.25, 0.3) is 11.3 Å². The zero-order valence-corrected chi connectivity index (χ0v) is 12.0. The molecule has 1 aliphatic carbocycles. The number of nitriles is 1. The summed E-state index contributed by atoms with van der Waals surface area (Å²) in [5.41, 5.74) is 0.215. The van der Waals surface area contributed by atoms with Crippen LogP contribution in [0.25, 0.3) is 0 Å². The highest BCUT2D eigenvalue weighted by molar-refractivity contribution is 7.78. The minimum Gasteiger partial charge on any atom is -0.444 e. The quantitative estimate of drug-likeness (QED) is 0.852. The van der Waals surface area contributed by atoms with Crippen molar-refractivity contribution in [3.63, 3.8) is 0 Å². The van der Waals surface area contributed by atoms with Crippen LogP contribution in [0.5, 0.6) is 0 Å². The van der Waals surface area contributed by atoms with Gasteiger partial charge < -0.3 is 4.74 Å². The molecule has 1 saturated carbocycles. The van der Waals surface area contributed by atoms with Gasteiger partial charge in [0.15, 0.2) is 0 Å². The lowest BCUT2D eigenvalue weighted by atomic mass is 9.99. The fourth-order valence-corrected chi connectivity index (χ4v) is 3.36. The van der Waals surface area contributed by atoms with E-state index in [0.29, 0.717) is 12.8 Å². The van der Waals surface area contributed by atoms with Crippen LogP contribution in [0, 0.1) is 16.7 Å². The minimum absolute atomic E-state index is 0.0969. The van der Waals surface area contributed by atoms with Gasteiger partial charge in [-0.2, -0.15) is 9.57 Å². The smallest absolute Gasteiger partial charge is 0.424 e. The molecule has 110 valence electrons. The van der Waals surface area contributed by atoms with Gasteiger partial charge in [-0.1, -0.05) is 30.3 Å². The Bertz CT molecular complexity index is 609. The lowest BCUT2D eigenvalue weighted by molar-refractivity contribution is 0.107. The minimum atomic E-state index is -1.88. The fraction of sp³-hybridized carbons (Fsp3) is 0.429. The van der Waals surface area contributed by atoms with E-state index in [-0.39, 0.29) is 13.2 Å². The van der Waals surface area contributed by atoms with Crippen molar-refractivity contribution in [1.82, 2.24) is 4.31 Å². The van der Waals surface area contributed by atoms with Crippen molar-refractivity contribution in [2.45, 2.75) is 25.5 Å². The van der Waals surface area contributed by atoms with E-state index in [1.165, 1.54) is 0 Å². The number of hydrogen-bond donors (Lipinski definition) is 0. The molecule has 1 aromatic carbocycles. The largest absolute Gasteiger partial charge is 0.444 e. The van der Waals surface area contributed by atoms with Crippen molar-refractivity contribution in [2.24, 2.45) is 5.41 Å². The lowest BCUT2D eigenvalue weighted by Gasteiger charge is -2.22. The summed E-state index contributed by atoms with van der Waals surface area (Å²) in [5, 5.41) is 9.23. The number of hydrogen-bond acceptors (Lipinski definition) is 5. The maximum atomic E-state index is 12.2. The van der Waals surface area contributed by atoms with Gasteiger partial charge in [0, 0.05) is 0 Å². The standard InChI is InChI=1S/C14H14N2O4S/c15-10-14(6-7-14)12-9-20-21(18)16(12)13(17)19-8-11-4-2-1-3-5-11/h1-5,12H,6-9H2/t12-,21?/m0/s1. The summed E-state index contributed by atoms with van der Waals surface area (Å²) in [5.74, 6) is 0. The van der Waals surface area contributed by atoms with Gasteiger partial charge in [-0.3, -0.25) is 4.18 Å². The molecule has 0 aromatic heterocycles. The molecular weight excluding hydrogens is 292 g/mol. The Labute approximate surface area is 125 Å². The second kappa shape index (κ2) is 5.47. The molecule has 1 aliphatic heterocycles. The molecule has 0 spiro atoms. The van der Waals surface area contributed by atoms with E-state index in [1.54, 1.807) is 0 Å². The monoisotopic (exact) mass is 306 g/mol. The molecule has 2 fully saturated rings. The van der Waals surface area contributed by atoms with Crippen LogP contribution in [0.2, 0.25) is 0 Å². The molecular formula is C14H14N2O4S. The van der Waals surface area contributed by atoms with Crippen LogP contribution < -0.4 is 0 Å². The predicted octanol–water partition coefficient (Wildman–Crippen LogP) is 1.91. The molecule has 6 nitrogen and oxygen atoms in total. The maximum absolute atomic E-state index is 12.2. The van der Waals surface area contributed by atoms with Gasteiger partial charge in [0.2, 0.25) is 0 Å². The molecule has 1 amide bonds. The van der Waals surface area contributed by atoms with Gasteiger partial charge in [-0.25, -0.2) is 9.00 Å². The van der Waals surface area contributed by atoms with Crippen LogP contribution >= 0.6 is 0 Å². The highest BCUT2D eigenvalue weighted by Crippen LogP contribution is 2.51. The first-order valence-corrected chi connectivity index (χ1v) is 7.66. The van der Waals surface area contributed by atoms with E-state index >= 15 is 0 Å². The van der Waals surface area contributed by atoms with E-state index < -0.39 is 28.8 Å². The summed E-state index contributed by atoms with van der Waals surface area (Å²) in [6.07, 6.45) is 0.676. The highest BCUT2D eigenvalue weighted by atomic mass is 32.2. The Balaban J connectivity index is 1.68. The molecule has 0 radical (unpaired) electrons. The Morgan fingerprint density at radius 3 is 2.81 bits per heavy atom. The first-order chi connectivity index (χ1) is 10.2. The summed E-state index contributed by atoms with van der Waals surface area (Å²) < 4.78 is 23.1. The summed E-state index contributed by atoms with van der Waals surface area (Å²) in [7, 11) is 0. The summed E-state index contributed by atoms with van der Waals surface area (Å²) in [6.45, 7) is 0.209. The summed E-state index contributed by atoms with van der Waals surface area (Å²) >= 11 is -1.88. The van der Waals surface area contributed by atoms with Crippen LogP contribution in [0.4, 0.5) is 4.79 Å². The van der Waals surface area contributed by atoms with Gasteiger partial charge in [0.05, 0.1) is 24.1 Å². The van der Waals surface area contributed by atoms with Crippen LogP contribution in [0.1, 0.15) is 18.4 Å². The average molecular weight is 306 g/mol. The normalized spacial score (nSPS) is 26.1. The number of amides is 1. The number of benzene rings is 1. The Morgan fingerprint density at radius 2 is 2.19 bits per heavy atom. The third kappa shape index (κ3) is 2.64. The molecule has 2 atom stereocenters. The molecule has 1 heterocycles. The van der Waals surface area contributed by atoms with E-state index in [0.717, 1.165) is 9.87 Å². The summed E-state index contributed by atoms with van der Waals surface area (Å²) in [6, 6.07) is 10.9. The topological polar surface area (TPSA) is 79.6 Å². The number of nitrogens with zero attached hydrogens (tertiary/aromatic N) is 2. The molecule has 0 N–H and O–H groups in total. The van der Waals surface area contributed by atoms with Crippen LogP contribution in [-0.4, -0.2) is 27.3 Å². The SMILES string of the molecule is N#CC1([C@@H]2COS(=O)N2C(=O)OCc2ccccc2)CC1. The zero-order chi connectivity index (χ0) is 14.9. The molecule has 1 saturated heterocycles. The molecule has 0 bridgehead atoms. The number of carbonyl (C=O) groups excluding carboxylic acids is 1. The Morgan fingerprint density at radius 1 is 1.48 bits per heavy atom. The van der Waals surface area contributed by atoms with Gasteiger partial charge in [-0.15, -0.1) is 0 Å². The Hall–Kier alpha value is -1.91. The lowest BCUT2D eigenvalue weighted by Crippen LogP contribution is -2.42. The van der Waals surface area contributed by atoms with E-state index in [4.69, 9.17) is 8.92 Å². The van der Waals surface area contributed by atoms with Crippen molar-refractivity contribution in [1.29, 1.82) is 5.26 Å². The first kappa shape index (κ1) is 14.0. The maximum Gasteiger partial charge on any atom is 0.424 e. The van der Waals surface area contributed by atoms with E-state index in [2.05, 4.69) is 6.07 Å². The third-order valence-corrected chi connectivity index (χ3v) is 4.87.